The van der Waals surface area contributed by atoms with Crippen molar-refractivity contribution in [2.75, 3.05) is 0 Å². The van der Waals surface area contributed by atoms with Crippen molar-refractivity contribution in [3.8, 4) is 0 Å². The van der Waals surface area contributed by atoms with E-state index in [9.17, 15) is 9.90 Å². The molecule has 2 aromatic heterocycles. The smallest absolute Gasteiger partial charge is 0.226 e. The van der Waals surface area contributed by atoms with Gasteiger partial charge < -0.3 is 14.9 Å². The van der Waals surface area contributed by atoms with Crippen molar-refractivity contribution >= 4 is 16.9 Å². The zero-order chi connectivity index (χ0) is 17.2. The predicted molar refractivity (Wildman–Crippen MR) is 90.6 cm³/mol. The lowest BCUT2D eigenvalue weighted by molar-refractivity contribution is -0.121. The quantitative estimate of drug-likeness (QED) is 0.734. The number of nitrogens with one attached hydrogen (secondary N) is 1. The number of carbonyl (C=O) groups excluding carboxylic acids is 1. The van der Waals surface area contributed by atoms with E-state index in [2.05, 4.69) is 15.6 Å². The van der Waals surface area contributed by atoms with E-state index in [-0.39, 0.29) is 18.4 Å². The molecule has 25 heavy (non-hydrogen) atoms. The molecule has 2 heterocycles. The SMILES string of the molecule is O=C(Cc1noc2ccccc12)N[C@@H]1CC(Cn2cccn2)C[C@H]1O. The highest BCUT2D eigenvalue weighted by molar-refractivity contribution is 5.86. The van der Waals surface area contributed by atoms with Gasteiger partial charge in [0.25, 0.3) is 0 Å². The van der Waals surface area contributed by atoms with Gasteiger partial charge in [-0.25, -0.2) is 0 Å². The molecular formula is C18H20N4O3. The van der Waals surface area contributed by atoms with Crippen molar-refractivity contribution < 1.29 is 14.4 Å². The Bertz CT molecular complexity index is 858. The number of para-hydroxylation sites is 1. The molecule has 1 aromatic carbocycles. The van der Waals surface area contributed by atoms with E-state index in [1.807, 2.05) is 41.2 Å². The maximum atomic E-state index is 12.4. The summed E-state index contributed by atoms with van der Waals surface area (Å²) in [7, 11) is 0. The average Bonchev–Trinajstić information content (AvgIpc) is 3.31. The molecule has 3 aromatic rings. The maximum absolute atomic E-state index is 12.4. The number of amides is 1. The van der Waals surface area contributed by atoms with Crippen LogP contribution in [0.2, 0.25) is 0 Å². The Morgan fingerprint density at radius 2 is 2.20 bits per heavy atom. The molecule has 7 nitrogen and oxygen atoms in total. The van der Waals surface area contributed by atoms with E-state index in [0.717, 1.165) is 18.4 Å². The molecule has 1 saturated carbocycles. The summed E-state index contributed by atoms with van der Waals surface area (Å²) in [6, 6.07) is 9.12. The first-order valence-electron chi connectivity index (χ1n) is 8.47. The Morgan fingerprint density at radius 3 is 3.04 bits per heavy atom. The lowest BCUT2D eigenvalue weighted by Gasteiger charge is -2.16. The summed E-state index contributed by atoms with van der Waals surface area (Å²) in [5, 5.41) is 22.2. The minimum absolute atomic E-state index is 0.143. The van der Waals surface area contributed by atoms with E-state index >= 15 is 0 Å². The molecule has 1 amide bonds. The molecule has 1 fully saturated rings. The summed E-state index contributed by atoms with van der Waals surface area (Å²) in [6.45, 7) is 0.754. The first-order valence-corrected chi connectivity index (χ1v) is 8.47. The van der Waals surface area contributed by atoms with E-state index in [1.54, 1.807) is 6.20 Å². The van der Waals surface area contributed by atoms with Gasteiger partial charge >= 0.3 is 0 Å². The zero-order valence-corrected chi connectivity index (χ0v) is 13.7. The maximum Gasteiger partial charge on any atom is 0.226 e. The number of aliphatic hydroxyl groups is 1. The van der Waals surface area contributed by atoms with Crippen LogP contribution in [-0.4, -0.2) is 38.1 Å². The molecule has 1 unspecified atom stereocenters. The average molecular weight is 340 g/mol. The van der Waals surface area contributed by atoms with Crippen LogP contribution >= 0.6 is 0 Å². The van der Waals surface area contributed by atoms with Crippen molar-refractivity contribution in [2.24, 2.45) is 5.92 Å². The fourth-order valence-corrected chi connectivity index (χ4v) is 3.57. The lowest BCUT2D eigenvalue weighted by atomic mass is 10.1. The molecule has 2 N–H and O–H groups in total. The highest BCUT2D eigenvalue weighted by Crippen LogP contribution is 2.27. The number of benzene rings is 1. The predicted octanol–water partition coefficient (Wildman–Crippen LogP) is 1.52. The van der Waals surface area contributed by atoms with Gasteiger partial charge in [-0.15, -0.1) is 0 Å². The first kappa shape index (κ1) is 15.8. The van der Waals surface area contributed by atoms with Crippen molar-refractivity contribution in [1.29, 1.82) is 0 Å². The molecule has 1 aliphatic rings. The van der Waals surface area contributed by atoms with Crippen molar-refractivity contribution in [3.63, 3.8) is 0 Å². The Morgan fingerprint density at radius 1 is 1.32 bits per heavy atom. The van der Waals surface area contributed by atoms with Crippen LogP contribution in [0, 0.1) is 5.92 Å². The molecule has 1 aliphatic carbocycles. The van der Waals surface area contributed by atoms with Gasteiger partial charge in [0, 0.05) is 24.3 Å². The number of fused-ring (bicyclic) bond motifs is 1. The van der Waals surface area contributed by atoms with Gasteiger partial charge in [0.1, 0.15) is 5.69 Å². The van der Waals surface area contributed by atoms with Gasteiger partial charge in [-0.3, -0.25) is 9.48 Å². The first-order chi connectivity index (χ1) is 12.2. The third-order valence-corrected chi connectivity index (χ3v) is 4.76. The van der Waals surface area contributed by atoms with Crippen LogP contribution < -0.4 is 5.32 Å². The highest BCUT2D eigenvalue weighted by Gasteiger charge is 2.34. The minimum atomic E-state index is -0.529. The second-order valence-electron chi connectivity index (χ2n) is 6.61. The third-order valence-electron chi connectivity index (χ3n) is 4.76. The van der Waals surface area contributed by atoms with E-state index in [1.165, 1.54) is 0 Å². The van der Waals surface area contributed by atoms with Crippen molar-refractivity contribution in [1.82, 2.24) is 20.3 Å². The van der Waals surface area contributed by atoms with E-state index in [0.29, 0.717) is 23.6 Å². The fraction of sp³-hybridized carbons (Fsp3) is 0.389. The summed E-state index contributed by atoms with van der Waals surface area (Å²) in [4.78, 5) is 12.4. The molecule has 7 heteroatoms. The number of carbonyl (C=O) groups is 1. The molecule has 0 spiro atoms. The number of aliphatic hydroxyl groups excluding tert-OH is 1. The summed E-state index contributed by atoms with van der Waals surface area (Å²) < 4.78 is 7.09. The number of nitrogens with zero attached hydrogens (tertiary/aromatic N) is 3. The lowest BCUT2D eigenvalue weighted by Crippen LogP contribution is -2.40. The molecule has 0 aliphatic heterocycles. The summed E-state index contributed by atoms with van der Waals surface area (Å²) in [5.41, 5.74) is 1.29. The van der Waals surface area contributed by atoms with Gasteiger partial charge in [-0.1, -0.05) is 17.3 Å². The van der Waals surface area contributed by atoms with E-state index in [4.69, 9.17) is 4.52 Å². The van der Waals surface area contributed by atoms with Crippen molar-refractivity contribution in [2.45, 2.75) is 38.0 Å². The second kappa shape index (κ2) is 6.68. The van der Waals surface area contributed by atoms with Crippen LogP contribution in [0.25, 0.3) is 11.0 Å². The third kappa shape index (κ3) is 3.41. The summed E-state index contributed by atoms with van der Waals surface area (Å²) in [6.07, 6.45) is 4.67. The normalized spacial score (nSPS) is 23.2. The van der Waals surface area contributed by atoms with Crippen LogP contribution in [0.15, 0.2) is 47.2 Å². The highest BCUT2D eigenvalue weighted by atomic mass is 16.5. The Labute approximate surface area is 144 Å². The van der Waals surface area contributed by atoms with Gasteiger partial charge in [0.05, 0.1) is 18.6 Å². The van der Waals surface area contributed by atoms with Gasteiger partial charge in [0.2, 0.25) is 5.91 Å². The molecule has 0 radical (unpaired) electrons. The summed E-state index contributed by atoms with van der Waals surface area (Å²) in [5.74, 6) is 0.149. The molecule has 4 rings (SSSR count). The number of hydrogen-bond donors (Lipinski definition) is 2. The number of hydrogen-bond acceptors (Lipinski definition) is 5. The Kier molecular flexibility index (Phi) is 4.23. The monoisotopic (exact) mass is 340 g/mol. The summed E-state index contributed by atoms with van der Waals surface area (Å²) >= 11 is 0. The molecule has 3 atom stereocenters. The second-order valence-corrected chi connectivity index (χ2v) is 6.61. The van der Waals surface area contributed by atoms with E-state index < -0.39 is 6.10 Å². The van der Waals surface area contributed by atoms with Crippen LogP contribution in [0.3, 0.4) is 0 Å². The standard InChI is InChI=1S/C18H20N4O3/c23-16-9-12(11-22-7-3-6-19-22)8-15(16)20-18(24)10-14-13-4-1-2-5-17(13)25-21-14/h1-7,12,15-16,23H,8-11H2,(H,20,24)/t12?,15-,16-/m1/s1. The molecular weight excluding hydrogens is 320 g/mol. The Balaban J connectivity index is 1.36. The van der Waals surface area contributed by atoms with Gasteiger partial charge in [-0.2, -0.15) is 5.10 Å². The van der Waals surface area contributed by atoms with Crippen LogP contribution in [0.1, 0.15) is 18.5 Å². The number of aromatic nitrogens is 3. The van der Waals surface area contributed by atoms with Gasteiger partial charge in [-0.05, 0) is 37.0 Å². The largest absolute Gasteiger partial charge is 0.391 e. The molecule has 0 bridgehead atoms. The van der Waals surface area contributed by atoms with Crippen molar-refractivity contribution in [3.05, 3.63) is 48.4 Å². The minimum Gasteiger partial charge on any atom is -0.391 e. The molecule has 130 valence electrons. The number of rotatable bonds is 5. The zero-order valence-electron chi connectivity index (χ0n) is 13.7. The topological polar surface area (TPSA) is 93.2 Å². The fourth-order valence-electron chi connectivity index (χ4n) is 3.57. The van der Waals surface area contributed by atoms with Crippen LogP contribution in [-0.2, 0) is 17.8 Å². The van der Waals surface area contributed by atoms with Crippen LogP contribution in [0.5, 0.6) is 0 Å². The molecule has 0 saturated heterocycles. The Hall–Kier alpha value is -2.67. The van der Waals surface area contributed by atoms with Crippen LogP contribution in [0.4, 0.5) is 0 Å². The van der Waals surface area contributed by atoms with Gasteiger partial charge in [0.15, 0.2) is 5.58 Å².